The summed E-state index contributed by atoms with van der Waals surface area (Å²) in [7, 11) is 1.65. The molecule has 2 aliphatic rings. The molecule has 0 radical (unpaired) electrons. The molecule has 21 heavy (non-hydrogen) atoms. The highest BCUT2D eigenvalue weighted by Gasteiger charge is 2.40. The number of likely N-dealkylation sites (tertiary alicyclic amines) is 1. The SMILES string of the molecule is CCC1CCC(C(=O)N2CC(N(C)CC(=O)O)[C@H](O)C2)O1. The van der Waals surface area contributed by atoms with E-state index in [0.717, 1.165) is 19.3 Å². The van der Waals surface area contributed by atoms with Gasteiger partial charge in [-0.3, -0.25) is 14.5 Å². The van der Waals surface area contributed by atoms with Crippen LogP contribution in [0.25, 0.3) is 0 Å². The lowest BCUT2D eigenvalue weighted by Gasteiger charge is -2.25. The maximum absolute atomic E-state index is 12.4. The van der Waals surface area contributed by atoms with Gasteiger partial charge in [0.05, 0.1) is 24.8 Å². The molecule has 2 heterocycles. The van der Waals surface area contributed by atoms with Crippen molar-refractivity contribution >= 4 is 11.9 Å². The number of nitrogens with zero attached hydrogens (tertiary/aromatic N) is 2. The predicted octanol–water partition coefficient (Wildman–Crippen LogP) is -0.468. The molecule has 4 atom stereocenters. The molecule has 2 aliphatic heterocycles. The maximum atomic E-state index is 12.4. The third-order valence-electron chi connectivity index (χ3n) is 4.36. The number of ether oxygens (including phenoxy) is 1. The van der Waals surface area contributed by atoms with Crippen molar-refractivity contribution in [1.29, 1.82) is 0 Å². The molecule has 2 fully saturated rings. The van der Waals surface area contributed by atoms with Gasteiger partial charge < -0.3 is 19.8 Å². The Hall–Kier alpha value is -1.18. The van der Waals surface area contributed by atoms with Crippen LogP contribution in [0.2, 0.25) is 0 Å². The Bertz CT molecular complexity index is 403. The first-order valence-electron chi connectivity index (χ1n) is 7.46. The first-order valence-corrected chi connectivity index (χ1v) is 7.46. The monoisotopic (exact) mass is 300 g/mol. The quantitative estimate of drug-likeness (QED) is 0.713. The van der Waals surface area contributed by atoms with Gasteiger partial charge in [0.15, 0.2) is 0 Å². The second-order valence-corrected chi connectivity index (χ2v) is 5.92. The number of likely N-dealkylation sites (N-methyl/N-ethyl adjacent to an activating group) is 1. The molecule has 2 saturated heterocycles. The van der Waals surface area contributed by atoms with Crippen molar-refractivity contribution in [3.05, 3.63) is 0 Å². The van der Waals surface area contributed by atoms with Crippen LogP contribution in [-0.2, 0) is 14.3 Å². The van der Waals surface area contributed by atoms with E-state index < -0.39 is 18.2 Å². The highest BCUT2D eigenvalue weighted by molar-refractivity contribution is 5.81. The minimum Gasteiger partial charge on any atom is -0.480 e. The largest absolute Gasteiger partial charge is 0.480 e. The summed E-state index contributed by atoms with van der Waals surface area (Å²) in [5, 5.41) is 18.9. The van der Waals surface area contributed by atoms with E-state index in [9.17, 15) is 14.7 Å². The number of carbonyl (C=O) groups is 2. The summed E-state index contributed by atoms with van der Waals surface area (Å²) < 4.78 is 5.70. The van der Waals surface area contributed by atoms with Crippen LogP contribution < -0.4 is 0 Å². The van der Waals surface area contributed by atoms with Crippen LogP contribution in [0.3, 0.4) is 0 Å². The molecule has 0 bridgehead atoms. The van der Waals surface area contributed by atoms with Gasteiger partial charge in [0.25, 0.3) is 5.91 Å². The molecule has 1 amide bonds. The van der Waals surface area contributed by atoms with Crippen LogP contribution in [0.1, 0.15) is 26.2 Å². The van der Waals surface area contributed by atoms with Gasteiger partial charge in [-0.2, -0.15) is 0 Å². The number of aliphatic hydroxyl groups is 1. The Labute approximate surface area is 124 Å². The van der Waals surface area contributed by atoms with Crippen LogP contribution in [0.15, 0.2) is 0 Å². The number of aliphatic carboxylic acids is 1. The molecule has 0 saturated carbocycles. The molecule has 0 aliphatic carbocycles. The highest BCUT2D eigenvalue weighted by Crippen LogP contribution is 2.25. The van der Waals surface area contributed by atoms with Crippen molar-refractivity contribution in [2.75, 3.05) is 26.7 Å². The minimum atomic E-state index is -0.945. The average Bonchev–Trinajstić information content (AvgIpc) is 3.03. The Morgan fingerprint density at radius 3 is 2.62 bits per heavy atom. The van der Waals surface area contributed by atoms with Crippen LogP contribution in [-0.4, -0.2) is 82.9 Å². The number of rotatable bonds is 5. The molecule has 0 aromatic carbocycles. The fraction of sp³-hybridized carbons (Fsp3) is 0.857. The Balaban J connectivity index is 1.91. The topological polar surface area (TPSA) is 90.3 Å². The van der Waals surface area contributed by atoms with E-state index in [1.165, 1.54) is 0 Å². The number of hydrogen-bond acceptors (Lipinski definition) is 5. The van der Waals surface area contributed by atoms with Gasteiger partial charge in [0, 0.05) is 13.1 Å². The van der Waals surface area contributed by atoms with E-state index in [4.69, 9.17) is 9.84 Å². The first-order chi connectivity index (χ1) is 9.92. The molecule has 7 heteroatoms. The van der Waals surface area contributed by atoms with Crippen LogP contribution in [0, 0.1) is 0 Å². The highest BCUT2D eigenvalue weighted by atomic mass is 16.5. The van der Waals surface area contributed by atoms with E-state index in [0.29, 0.717) is 6.54 Å². The zero-order chi connectivity index (χ0) is 15.6. The number of carbonyl (C=O) groups excluding carboxylic acids is 1. The molecule has 3 unspecified atom stereocenters. The zero-order valence-electron chi connectivity index (χ0n) is 12.6. The average molecular weight is 300 g/mol. The number of aliphatic hydroxyl groups excluding tert-OH is 1. The zero-order valence-corrected chi connectivity index (χ0v) is 12.6. The minimum absolute atomic E-state index is 0.0868. The number of β-amino-alcohol motifs (C(OH)–C–C–N with tert-alkyl or cyclic N) is 1. The lowest BCUT2D eigenvalue weighted by molar-refractivity contribution is -0.142. The van der Waals surface area contributed by atoms with Gasteiger partial charge in [-0.15, -0.1) is 0 Å². The van der Waals surface area contributed by atoms with Crippen molar-refractivity contribution in [3.8, 4) is 0 Å². The summed E-state index contributed by atoms with van der Waals surface area (Å²) in [4.78, 5) is 26.3. The summed E-state index contributed by atoms with van der Waals surface area (Å²) in [6, 6.07) is -0.339. The van der Waals surface area contributed by atoms with E-state index >= 15 is 0 Å². The molecule has 2 N–H and O–H groups in total. The van der Waals surface area contributed by atoms with E-state index in [1.54, 1.807) is 16.8 Å². The van der Waals surface area contributed by atoms with Gasteiger partial charge in [0.2, 0.25) is 0 Å². The second kappa shape index (κ2) is 6.72. The summed E-state index contributed by atoms with van der Waals surface area (Å²) in [6.07, 6.45) is 1.53. The van der Waals surface area contributed by atoms with Crippen LogP contribution in [0.5, 0.6) is 0 Å². The maximum Gasteiger partial charge on any atom is 0.317 e. The molecular formula is C14H24N2O5. The van der Waals surface area contributed by atoms with E-state index in [2.05, 4.69) is 0 Å². The summed E-state index contributed by atoms with van der Waals surface area (Å²) >= 11 is 0. The van der Waals surface area contributed by atoms with Gasteiger partial charge in [-0.05, 0) is 26.3 Å². The van der Waals surface area contributed by atoms with E-state index in [-0.39, 0.29) is 31.1 Å². The lowest BCUT2D eigenvalue weighted by Crippen LogP contribution is -2.44. The van der Waals surface area contributed by atoms with Gasteiger partial charge in [0.1, 0.15) is 6.10 Å². The van der Waals surface area contributed by atoms with E-state index in [1.807, 2.05) is 6.92 Å². The van der Waals surface area contributed by atoms with Crippen LogP contribution in [0.4, 0.5) is 0 Å². The third kappa shape index (κ3) is 3.72. The van der Waals surface area contributed by atoms with Crippen molar-refractivity contribution < 1.29 is 24.5 Å². The second-order valence-electron chi connectivity index (χ2n) is 5.92. The third-order valence-corrected chi connectivity index (χ3v) is 4.36. The lowest BCUT2D eigenvalue weighted by atomic mass is 10.1. The Morgan fingerprint density at radius 2 is 2.05 bits per heavy atom. The van der Waals surface area contributed by atoms with Crippen molar-refractivity contribution in [3.63, 3.8) is 0 Å². The normalized spacial score (nSPS) is 32.9. The fourth-order valence-electron chi connectivity index (χ4n) is 3.10. The summed E-state index contributed by atoms with van der Waals surface area (Å²) in [5.41, 5.74) is 0. The molecule has 120 valence electrons. The summed E-state index contributed by atoms with van der Waals surface area (Å²) in [6.45, 7) is 2.47. The standard InChI is InChI=1S/C14H24N2O5/c1-3-9-4-5-12(21-9)14(20)16-6-10(11(17)7-16)15(2)8-13(18)19/h9-12,17H,3-8H2,1-2H3,(H,18,19)/t9?,10?,11-,12?/m1/s1. The molecule has 7 nitrogen and oxygen atoms in total. The van der Waals surface area contributed by atoms with Gasteiger partial charge >= 0.3 is 5.97 Å². The number of carboxylic acids is 1. The predicted molar refractivity (Wildman–Crippen MR) is 74.8 cm³/mol. The van der Waals surface area contributed by atoms with Crippen molar-refractivity contribution in [1.82, 2.24) is 9.80 Å². The number of hydrogen-bond donors (Lipinski definition) is 2. The van der Waals surface area contributed by atoms with Gasteiger partial charge in [-0.25, -0.2) is 0 Å². The molecule has 0 spiro atoms. The van der Waals surface area contributed by atoms with Gasteiger partial charge in [-0.1, -0.05) is 6.92 Å². The molecule has 0 aromatic heterocycles. The number of amides is 1. The number of carboxylic acid groups (broad SMARTS) is 1. The smallest absolute Gasteiger partial charge is 0.317 e. The molecule has 0 aromatic rings. The van der Waals surface area contributed by atoms with Crippen molar-refractivity contribution in [2.45, 2.75) is 50.5 Å². The Kier molecular flexibility index (Phi) is 5.18. The summed E-state index contributed by atoms with van der Waals surface area (Å²) in [5.74, 6) is -1.03. The molecular weight excluding hydrogens is 276 g/mol. The first kappa shape index (κ1) is 16.2. The molecule has 2 rings (SSSR count). The Morgan fingerprint density at radius 1 is 1.33 bits per heavy atom. The fourth-order valence-corrected chi connectivity index (χ4v) is 3.10. The van der Waals surface area contributed by atoms with Crippen molar-refractivity contribution in [2.24, 2.45) is 0 Å². The van der Waals surface area contributed by atoms with Crippen LogP contribution >= 0.6 is 0 Å².